The Morgan fingerprint density at radius 3 is 2.40 bits per heavy atom. The maximum atomic E-state index is 12.8. The number of amides is 3. The van der Waals surface area contributed by atoms with Crippen molar-refractivity contribution < 1.29 is 14.7 Å². The molecule has 0 aliphatic carbocycles. The van der Waals surface area contributed by atoms with Crippen LogP contribution in [0.25, 0.3) is 0 Å². The summed E-state index contributed by atoms with van der Waals surface area (Å²) in [6.45, 7) is 3.47. The number of benzene rings is 1. The maximum absolute atomic E-state index is 12.8. The number of carbonyl (C=O) groups is 2. The average molecular weight is 345 g/mol. The van der Waals surface area contributed by atoms with Gasteiger partial charge in [-0.05, 0) is 43.4 Å². The zero-order valence-corrected chi connectivity index (χ0v) is 14.9. The lowest BCUT2D eigenvalue weighted by Crippen LogP contribution is -2.49. The first-order valence-corrected chi connectivity index (χ1v) is 9.11. The van der Waals surface area contributed by atoms with Gasteiger partial charge in [0.2, 0.25) is 5.91 Å². The summed E-state index contributed by atoms with van der Waals surface area (Å²) in [7, 11) is 1.80. The minimum atomic E-state index is -0.123. The van der Waals surface area contributed by atoms with Crippen molar-refractivity contribution in [2.45, 2.75) is 32.2 Å². The summed E-state index contributed by atoms with van der Waals surface area (Å²) in [5.74, 6) is 0.190. The Bertz CT molecular complexity index is 611. The number of urea groups is 1. The topological polar surface area (TPSA) is 64.1 Å². The molecule has 25 heavy (non-hydrogen) atoms. The average Bonchev–Trinajstić information content (AvgIpc) is 3.17. The van der Waals surface area contributed by atoms with Crippen LogP contribution in [0, 0.1) is 5.92 Å². The number of aromatic hydroxyl groups is 1. The van der Waals surface area contributed by atoms with Crippen molar-refractivity contribution in [3.05, 3.63) is 29.8 Å². The van der Waals surface area contributed by atoms with Crippen LogP contribution in [0.5, 0.6) is 5.75 Å². The molecule has 0 radical (unpaired) electrons. The molecule has 0 saturated carbocycles. The van der Waals surface area contributed by atoms with Gasteiger partial charge in [-0.25, -0.2) is 4.79 Å². The summed E-state index contributed by atoms with van der Waals surface area (Å²) in [6, 6.07) is 7.00. The van der Waals surface area contributed by atoms with E-state index in [1.54, 1.807) is 24.1 Å². The monoisotopic (exact) mass is 345 g/mol. The first-order chi connectivity index (χ1) is 12.0. The van der Waals surface area contributed by atoms with E-state index in [1.807, 2.05) is 21.9 Å². The summed E-state index contributed by atoms with van der Waals surface area (Å²) < 4.78 is 0. The van der Waals surface area contributed by atoms with Gasteiger partial charge in [-0.15, -0.1) is 0 Å². The number of phenols is 1. The molecule has 1 aromatic rings. The first kappa shape index (κ1) is 17.6. The van der Waals surface area contributed by atoms with E-state index in [2.05, 4.69) is 0 Å². The largest absolute Gasteiger partial charge is 0.508 e. The number of nitrogens with zero attached hydrogens (tertiary/aromatic N) is 3. The predicted molar refractivity (Wildman–Crippen MR) is 95.1 cm³/mol. The van der Waals surface area contributed by atoms with Gasteiger partial charge in [-0.3, -0.25) is 4.79 Å². The normalized spacial score (nSPS) is 20.6. The van der Waals surface area contributed by atoms with Crippen LogP contribution in [0.3, 0.4) is 0 Å². The minimum Gasteiger partial charge on any atom is -0.508 e. The number of rotatable bonds is 3. The molecule has 0 unspecified atom stereocenters. The summed E-state index contributed by atoms with van der Waals surface area (Å²) >= 11 is 0. The standard InChI is InChI=1S/C19H27N3O3/c1-20(13-15-6-8-17(23)9-7-15)18(24)16-5-4-12-22(14-16)19(25)21-10-2-3-11-21/h6-9,16,23H,2-5,10-14H2,1H3/t16-/m0/s1. The molecule has 2 aliphatic heterocycles. The number of likely N-dealkylation sites (tertiary alicyclic amines) is 2. The minimum absolute atomic E-state index is 0.0898. The number of carbonyl (C=O) groups excluding carboxylic acids is 2. The molecule has 2 saturated heterocycles. The Balaban J connectivity index is 1.57. The summed E-state index contributed by atoms with van der Waals surface area (Å²) in [5, 5.41) is 9.35. The Hall–Kier alpha value is -2.24. The van der Waals surface area contributed by atoms with Crippen molar-refractivity contribution in [2.24, 2.45) is 5.92 Å². The van der Waals surface area contributed by atoms with E-state index in [9.17, 15) is 14.7 Å². The lowest BCUT2D eigenvalue weighted by molar-refractivity contribution is -0.136. The Labute approximate surface area is 149 Å². The fourth-order valence-electron chi connectivity index (χ4n) is 3.73. The van der Waals surface area contributed by atoms with Crippen molar-refractivity contribution in [3.8, 4) is 5.75 Å². The van der Waals surface area contributed by atoms with Crippen molar-refractivity contribution >= 4 is 11.9 Å². The number of hydrogen-bond acceptors (Lipinski definition) is 3. The second kappa shape index (κ2) is 7.76. The number of piperidine rings is 1. The predicted octanol–water partition coefficient (Wildman–Crippen LogP) is 2.28. The molecule has 3 amide bonds. The molecule has 1 atom stereocenters. The Kier molecular flexibility index (Phi) is 5.46. The first-order valence-electron chi connectivity index (χ1n) is 9.11. The van der Waals surface area contributed by atoms with Crippen LogP contribution in [0.1, 0.15) is 31.2 Å². The van der Waals surface area contributed by atoms with Crippen LogP contribution in [0.15, 0.2) is 24.3 Å². The molecule has 136 valence electrons. The molecule has 2 fully saturated rings. The molecule has 2 heterocycles. The molecule has 1 N–H and O–H groups in total. The summed E-state index contributed by atoms with van der Waals surface area (Å²) in [5.41, 5.74) is 0.981. The lowest BCUT2D eigenvalue weighted by Gasteiger charge is -2.36. The van der Waals surface area contributed by atoms with Crippen LogP contribution in [0.2, 0.25) is 0 Å². The van der Waals surface area contributed by atoms with Crippen molar-refractivity contribution in [1.29, 1.82) is 0 Å². The van der Waals surface area contributed by atoms with Gasteiger partial charge in [0.25, 0.3) is 0 Å². The molecule has 0 bridgehead atoms. The van der Waals surface area contributed by atoms with Crippen molar-refractivity contribution in [1.82, 2.24) is 14.7 Å². The third-order valence-corrected chi connectivity index (χ3v) is 5.15. The molecule has 3 rings (SSSR count). The molecular weight excluding hydrogens is 318 g/mol. The Morgan fingerprint density at radius 2 is 1.72 bits per heavy atom. The van der Waals surface area contributed by atoms with Gasteiger partial charge in [-0.2, -0.15) is 0 Å². The highest BCUT2D eigenvalue weighted by molar-refractivity contribution is 5.81. The van der Waals surface area contributed by atoms with Gasteiger partial charge in [0.15, 0.2) is 0 Å². The quantitative estimate of drug-likeness (QED) is 0.914. The van der Waals surface area contributed by atoms with E-state index in [-0.39, 0.29) is 23.6 Å². The van der Waals surface area contributed by atoms with Gasteiger partial charge in [0.05, 0.1) is 5.92 Å². The fourth-order valence-corrected chi connectivity index (χ4v) is 3.73. The van der Waals surface area contributed by atoms with E-state index in [0.717, 1.165) is 50.9 Å². The zero-order chi connectivity index (χ0) is 17.8. The molecule has 6 heteroatoms. The van der Waals surface area contributed by atoms with Crippen LogP contribution < -0.4 is 0 Å². The van der Waals surface area contributed by atoms with E-state index in [4.69, 9.17) is 0 Å². The van der Waals surface area contributed by atoms with Crippen LogP contribution in [0.4, 0.5) is 4.79 Å². The van der Waals surface area contributed by atoms with E-state index in [1.165, 1.54) is 0 Å². The molecule has 2 aliphatic rings. The van der Waals surface area contributed by atoms with Gasteiger partial charge >= 0.3 is 6.03 Å². The van der Waals surface area contributed by atoms with Crippen molar-refractivity contribution in [3.63, 3.8) is 0 Å². The highest BCUT2D eigenvalue weighted by Crippen LogP contribution is 2.22. The smallest absolute Gasteiger partial charge is 0.320 e. The van der Waals surface area contributed by atoms with Crippen LogP contribution in [-0.4, -0.2) is 65.0 Å². The SMILES string of the molecule is CN(Cc1ccc(O)cc1)C(=O)[C@H]1CCCN(C(=O)N2CCCC2)C1. The van der Waals surface area contributed by atoms with Gasteiger partial charge < -0.3 is 19.8 Å². The third kappa shape index (κ3) is 4.24. The fraction of sp³-hybridized carbons (Fsp3) is 0.579. The number of hydrogen-bond donors (Lipinski definition) is 1. The second-order valence-corrected chi connectivity index (χ2v) is 7.12. The summed E-state index contributed by atoms with van der Waals surface area (Å²) in [4.78, 5) is 30.8. The van der Waals surface area contributed by atoms with Crippen LogP contribution in [-0.2, 0) is 11.3 Å². The lowest BCUT2D eigenvalue weighted by atomic mass is 9.96. The third-order valence-electron chi connectivity index (χ3n) is 5.15. The van der Waals surface area contributed by atoms with Crippen LogP contribution >= 0.6 is 0 Å². The second-order valence-electron chi connectivity index (χ2n) is 7.12. The highest BCUT2D eigenvalue weighted by atomic mass is 16.3. The van der Waals surface area contributed by atoms with E-state index < -0.39 is 0 Å². The van der Waals surface area contributed by atoms with E-state index in [0.29, 0.717) is 13.1 Å². The van der Waals surface area contributed by atoms with Gasteiger partial charge in [0.1, 0.15) is 5.75 Å². The Morgan fingerprint density at radius 1 is 1.08 bits per heavy atom. The van der Waals surface area contributed by atoms with Gasteiger partial charge in [-0.1, -0.05) is 12.1 Å². The highest BCUT2D eigenvalue weighted by Gasteiger charge is 2.32. The molecule has 1 aromatic carbocycles. The number of phenolic OH excluding ortho intramolecular Hbond substituents is 1. The van der Waals surface area contributed by atoms with Gasteiger partial charge in [0, 0.05) is 39.8 Å². The maximum Gasteiger partial charge on any atom is 0.320 e. The van der Waals surface area contributed by atoms with E-state index >= 15 is 0 Å². The molecule has 0 aromatic heterocycles. The summed E-state index contributed by atoms with van der Waals surface area (Å²) in [6.07, 6.45) is 3.88. The van der Waals surface area contributed by atoms with Crippen molar-refractivity contribution in [2.75, 3.05) is 33.2 Å². The molecule has 0 spiro atoms. The zero-order valence-electron chi connectivity index (χ0n) is 14.9. The molecule has 6 nitrogen and oxygen atoms in total. The molecular formula is C19H27N3O3.